The van der Waals surface area contributed by atoms with Crippen molar-refractivity contribution in [2.75, 3.05) is 11.4 Å². The van der Waals surface area contributed by atoms with E-state index in [0.29, 0.717) is 0 Å². The van der Waals surface area contributed by atoms with E-state index in [1.54, 1.807) is 0 Å². The van der Waals surface area contributed by atoms with Crippen molar-refractivity contribution in [1.29, 1.82) is 0 Å². The lowest BCUT2D eigenvalue weighted by Gasteiger charge is -2.36. The maximum absolute atomic E-state index is 2.63. The third-order valence-electron chi connectivity index (χ3n) is 3.79. The van der Waals surface area contributed by atoms with Gasteiger partial charge in [-0.25, -0.2) is 0 Å². The van der Waals surface area contributed by atoms with E-state index in [1.165, 1.54) is 47.3 Å². The van der Waals surface area contributed by atoms with E-state index in [4.69, 9.17) is 0 Å². The topological polar surface area (TPSA) is 3.24 Å². The van der Waals surface area contributed by atoms with Gasteiger partial charge in [-0.05, 0) is 43.2 Å². The summed E-state index contributed by atoms with van der Waals surface area (Å²) in [4.78, 5) is 2.63. The van der Waals surface area contributed by atoms with Gasteiger partial charge in [0.15, 0.2) is 0 Å². The van der Waals surface area contributed by atoms with Crippen LogP contribution in [0.25, 0.3) is 10.1 Å². The van der Waals surface area contributed by atoms with Crippen LogP contribution >= 0.6 is 11.3 Å². The Morgan fingerprint density at radius 1 is 1.29 bits per heavy atom. The lowest BCUT2D eigenvalue weighted by molar-refractivity contribution is 0.452. The molecule has 0 amide bonds. The van der Waals surface area contributed by atoms with Crippen LogP contribution in [0, 0.1) is 0 Å². The zero-order valence-electron chi connectivity index (χ0n) is 10.4. The lowest BCUT2D eigenvalue weighted by atomic mass is 10.0. The summed E-state index contributed by atoms with van der Waals surface area (Å²) in [6.45, 7) is 3.56. The third kappa shape index (κ3) is 2.06. The number of piperidine rings is 1. The van der Waals surface area contributed by atoms with Gasteiger partial charge >= 0.3 is 0 Å². The summed E-state index contributed by atoms with van der Waals surface area (Å²) in [5.74, 6) is 0. The molecule has 3 rings (SSSR count). The Labute approximate surface area is 107 Å². The van der Waals surface area contributed by atoms with Gasteiger partial charge in [0.05, 0.1) is 5.00 Å². The highest BCUT2D eigenvalue weighted by Gasteiger charge is 2.22. The van der Waals surface area contributed by atoms with Gasteiger partial charge < -0.3 is 4.90 Å². The number of rotatable bonds is 2. The standard InChI is InChI=1S/C15H19NS/c1-2-13-8-5-6-10-16(13)15-11-12-7-3-4-9-14(12)17-15/h3-4,7,9,11,13H,2,5-6,8,10H2,1H3. The Hall–Kier alpha value is -1.02. The predicted molar refractivity (Wildman–Crippen MR) is 77.1 cm³/mol. The highest BCUT2D eigenvalue weighted by Crippen LogP contribution is 2.36. The lowest BCUT2D eigenvalue weighted by Crippen LogP contribution is -2.38. The van der Waals surface area contributed by atoms with Crippen molar-refractivity contribution in [1.82, 2.24) is 0 Å². The number of anilines is 1. The van der Waals surface area contributed by atoms with Crippen LogP contribution < -0.4 is 4.90 Å². The third-order valence-corrected chi connectivity index (χ3v) is 4.95. The maximum Gasteiger partial charge on any atom is 0.0923 e. The number of hydrogen-bond donors (Lipinski definition) is 0. The highest BCUT2D eigenvalue weighted by atomic mass is 32.1. The average Bonchev–Trinajstić information content (AvgIpc) is 2.82. The Bertz CT molecular complexity index is 469. The zero-order chi connectivity index (χ0) is 11.7. The van der Waals surface area contributed by atoms with Crippen molar-refractivity contribution in [3.63, 3.8) is 0 Å². The van der Waals surface area contributed by atoms with Crippen LogP contribution in [0.5, 0.6) is 0 Å². The fourth-order valence-corrected chi connectivity index (χ4v) is 3.98. The second-order valence-corrected chi connectivity index (χ2v) is 5.94. The minimum Gasteiger partial charge on any atom is -0.360 e. The molecular weight excluding hydrogens is 226 g/mol. The smallest absolute Gasteiger partial charge is 0.0923 e. The Morgan fingerprint density at radius 3 is 3.00 bits per heavy atom. The first-order valence-corrected chi connectivity index (χ1v) is 7.45. The molecule has 1 saturated heterocycles. The van der Waals surface area contributed by atoms with Crippen LogP contribution in [0.2, 0.25) is 0 Å². The van der Waals surface area contributed by atoms with E-state index in [2.05, 4.69) is 42.2 Å². The minimum atomic E-state index is 0.761. The van der Waals surface area contributed by atoms with Gasteiger partial charge in [0, 0.05) is 17.3 Å². The quantitative estimate of drug-likeness (QED) is 0.743. The van der Waals surface area contributed by atoms with E-state index in [9.17, 15) is 0 Å². The second kappa shape index (κ2) is 4.69. The molecule has 2 heteroatoms. The molecule has 1 unspecified atom stereocenters. The van der Waals surface area contributed by atoms with E-state index in [1.807, 2.05) is 11.3 Å². The summed E-state index contributed by atoms with van der Waals surface area (Å²) in [6, 6.07) is 11.8. The largest absolute Gasteiger partial charge is 0.360 e. The normalized spacial score (nSPS) is 21.0. The van der Waals surface area contributed by atoms with Gasteiger partial charge in [0.25, 0.3) is 0 Å². The summed E-state index contributed by atoms with van der Waals surface area (Å²) >= 11 is 1.95. The summed E-state index contributed by atoms with van der Waals surface area (Å²) < 4.78 is 1.42. The molecule has 0 aliphatic carbocycles. The van der Waals surface area contributed by atoms with E-state index < -0.39 is 0 Å². The van der Waals surface area contributed by atoms with Crippen molar-refractivity contribution in [2.24, 2.45) is 0 Å². The van der Waals surface area contributed by atoms with Crippen LogP contribution in [0.3, 0.4) is 0 Å². The maximum atomic E-state index is 2.63. The molecular formula is C15H19NS. The molecule has 0 radical (unpaired) electrons. The van der Waals surface area contributed by atoms with Gasteiger partial charge in [0.2, 0.25) is 0 Å². The molecule has 1 aromatic carbocycles. The van der Waals surface area contributed by atoms with Crippen LogP contribution in [-0.4, -0.2) is 12.6 Å². The zero-order valence-corrected chi connectivity index (χ0v) is 11.2. The number of benzene rings is 1. The van der Waals surface area contributed by atoms with Crippen molar-refractivity contribution >= 4 is 26.4 Å². The first-order chi connectivity index (χ1) is 8.38. The van der Waals surface area contributed by atoms with Crippen molar-refractivity contribution in [2.45, 2.75) is 38.6 Å². The molecule has 1 atom stereocenters. The molecule has 1 nitrogen and oxygen atoms in total. The Balaban J connectivity index is 1.96. The molecule has 1 aliphatic heterocycles. The van der Waals surface area contributed by atoms with Crippen molar-refractivity contribution < 1.29 is 0 Å². The number of hydrogen-bond acceptors (Lipinski definition) is 2. The van der Waals surface area contributed by atoms with Gasteiger partial charge in [-0.3, -0.25) is 0 Å². The summed E-state index contributed by atoms with van der Waals surface area (Å²) in [6.07, 6.45) is 5.39. The first-order valence-electron chi connectivity index (χ1n) is 6.63. The molecule has 1 fully saturated rings. The number of thiophene rings is 1. The average molecular weight is 245 g/mol. The summed E-state index contributed by atoms with van der Waals surface area (Å²) in [5.41, 5.74) is 0. The van der Waals surface area contributed by atoms with Crippen LogP contribution in [0.1, 0.15) is 32.6 Å². The SMILES string of the molecule is CCC1CCCCN1c1cc2ccccc2s1. The molecule has 17 heavy (non-hydrogen) atoms. The first kappa shape index (κ1) is 11.1. The summed E-state index contributed by atoms with van der Waals surface area (Å²) in [7, 11) is 0. The van der Waals surface area contributed by atoms with Crippen LogP contribution in [0.4, 0.5) is 5.00 Å². The molecule has 90 valence electrons. The molecule has 1 aromatic heterocycles. The van der Waals surface area contributed by atoms with Crippen LogP contribution in [-0.2, 0) is 0 Å². The molecule has 0 N–H and O–H groups in total. The van der Waals surface area contributed by atoms with Gasteiger partial charge in [-0.15, -0.1) is 11.3 Å². The fourth-order valence-electron chi connectivity index (χ4n) is 2.82. The fraction of sp³-hybridized carbons (Fsp3) is 0.467. The monoisotopic (exact) mass is 245 g/mol. The predicted octanol–water partition coefficient (Wildman–Crippen LogP) is 4.67. The summed E-state index contributed by atoms with van der Waals surface area (Å²) in [5, 5.41) is 2.87. The van der Waals surface area contributed by atoms with Crippen molar-refractivity contribution in [3.8, 4) is 0 Å². The van der Waals surface area contributed by atoms with Crippen LogP contribution in [0.15, 0.2) is 30.3 Å². The molecule has 2 heterocycles. The minimum absolute atomic E-state index is 0.761. The number of nitrogens with zero attached hydrogens (tertiary/aromatic N) is 1. The van der Waals surface area contributed by atoms with E-state index >= 15 is 0 Å². The highest BCUT2D eigenvalue weighted by molar-refractivity contribution is 7.22. The van der Waals surface area contributed by atoms with Gasteiger partial charge in [-0.1, -0.05) is 25.1 Å². The Morgan fingerprint density at radius 2 is 2.18 bits per heavy atom. The molecule has 1 aliphatic rings. The number of fused-ring (bicyclic) bond motifs is 1. The van der Waals surface area contributed by atoms with E-state index in [0.717, 1.165) is 6.04 Å². The Kier molecular flexibility index (Phi) is 3.06. The molecule has 0 bridgehead atoms. The van der Waals surface area contributed by atoms with Crippen molar-refractivity contribution in [3.05, 3.63) is 30.3 Å². The van der Waals surface area contributed by atoms with Gasteiger partial charge in [0.1, 0.15) is 0 Å². The van der Waals surface area contributed by atoms with Gasteiger partial charge in [-0.2, -0.15) is 0 Å². The molecule has 0 spiro atoms. The second-order valence-electron chi connectivity index (χ2n) is 4.87. The van der Waals surface area contributed by atoms with E-state index in [-0.39, 0.29) is 0 Å². The molecule has 2 aromatic rings. The molecule has 0 saturated carbocycles.